The van der Waals surface area contributed by atoms with Crippen molar-refractivity contribution in [1.82, 2.24) is 9.88 Å². The Morgan fingerprint density at radius 1 is 1.03 bits per heavy atom. The molecule has 0 bridgehead atoms. The van der Waals surface area contributed by atoms with Gasteiger partial charge in [-0.05, 0) is 57.1 Å². The monoisotopic (exact) mass is 408 g/mol. The summed E-state index contributed by atoms with van der Waals surface area (Å²) >= 11 is 0. The second kappa shape index (κ2) is 9.15. The molecule has 0 radical (unpaired) electrons. The van der Waals surface area contributed by atoms with Gasteiger partial charge in [0.1, 0.15) is 0 Å². The van der Waals surface area contributed by atoms with Gasteiger partial charge in [0.25, 0.3) is 5.91 Å². The van der Waals surface area contributed by atoms with Crippen LogP contribution in [0, 0.1) is 0 Å². The third-order valence-corrected chi connectivity index (χ3v) is 6.73. The van der Waals surface area contributed by atoms with Crippen molar-refractivity contribution in [2.24, 2.45) is 0 Å². The first-order valence-electron chi connectivity index (χ1n) is 11.4. The van der Waals surface area contributed by atoms with E-state index >= 15 is 0 Å². The highest BCUT2D eigenvalue weighted by molar-refractivity contribution is 6.05. The lowest BCUT2D eigenvalue weighted by Crippen LogP contribution is -2.44. The minimum atomic E-state index is -0.794. The minimum Gasteiger partial charge on any atom is -0.449 e. The summed E-state index contributed by atoms with van der Waals surface area (Å²) in [6, 6.07) is 8.01. The molecular formula is C25H32N2O3. The largest absolute Gasteiger partial charge is 0.449 e. The predicted octanol–water partition coefficient (Wildman–Crippen LogP) is 4.84. The second-order valence-electron chi connectivity index (χ2n) is 8.78. The first-order valence-corrected chi connectivity index (χ1v) is 11.4. The summed E-state index contributed by atoms with van der Waals surface area (Å²) in [4.78, 5) is 32.9. The summed E-state index contributed by atoms with van der Waals surface area (Å²) in [5.74, 6) is -0.510. The van der Waals surface area contributed by atoms with E-state index in [1.165, 1.54) is 6.42 Å². The maximum Gasteiger partial charge on any atom is 0.339 e. The molecule has 1 amide bonds. The molecule has 4 rings (SSSR count). The fourth-order valence-electron chi connectivity index (χ4n) is 4.99. The van der Waals surface area contributed by atoms with Gasteiger partial charge in [-0.3, -0.25) is 9.78 Å². The van der Waals surface area contributed by atoms with Crippen LogP contribution in [0.3, 0.4) is 0 Å². The standard InChI is InChI=1S/C25H32N2O3/c1-17(24(28)27(2)18-11-5-3-6-12-18)30-25(29)23-19-13-7-4-8-15-21(19)26-22-16-10-9-14-20(22)23/h9-10,14,16-18H,3-8,11-13,15H2,1-2H3/t17-/m0/s1. The molecule has 1 saturated carbocycles. The van der Waals surface area contributed by atoms with E-state index in [9.17, 15) is 9.59 Å². The summed E-state index contributed by atoms with van der Waals surface area (Å²) in [6.45, 7) is 1.70. The Bertz CT molecular complexity index is 933. The Hall–Kier alpha value is -2.43. The van der Waals surface area contributed by atoms with Gasteiger partial charge in [0.05, 0.1) is 11.1 Å². The molecule has 0 aliphatic heterocycles. The molecule has 5 nitrogen and oxygen atoms in total. The number of nitrogens with zero attached hydrogens (tertiary/aromatic N) is 2. The molecule has 1 fully saturated rings. The molecule has 0 spiro atoms. The predicted molar refractivity (Wildman–Crippen MR) is 118 cm³/mol. The number of benzene rings is 1. The highest BCUT2D eigenvalue weighted by Gasteiger charge is 2.30. The van der Waals surface area contributed by atoms with Crippen molar-refractivity contribution in [2.45, 2.75) is 83.3 Å². The third kappa shape index (κ3) is 4.21. The molecule has 1 aromatic carbocycles. The van der Waals surface area contributed by atoms with E-state index in [-0.39, 0.29) is 11.9 Å². The van der Waals surface area contributed by atoms with E-state index in [1.807, 2.05) is 31.3 Å². The van der Waals surface area contributed by atoms with Gasteiger partial charge >= 0.3 is 5.97 Å². The number of para-hydroxylation sites is 1. The van der Waals surface area contributed by atoms with Gasteiger partial charge in [-0.15, -0.1) is 0 Å². The zero-order valence-electron chi connectivity index (χ0n) is 18.2. The summed E-state index contributed by atoms with van der Waals surface area (Å²) in [5.41, 5.74) is 3.45. The van der Waals surface area contributed by atoms with Crippen molar-refractivity contribution in [3.05, 3.63) is 41.1 Å². The number of likely N-dealkylation sites (N-methyl/N-ethyl adjacent to an activating group) is 1. The summed E-state index contributed by atoms with van der Waals surface area (Å²) in [7, 11) is 1.84. The molecule has 160 valence electrons. The lowest BCUT2D eigenvalue weighted by Gasteiger charge is -2.32. The second-order valence-corrected chi connectivity index (χ2v) is 8.78. The number of aryl methyl sites for hydroxylation is 1. The number of carbonyl (C=O) groups is 2. The third-order valence-electron chi connectivity index (χ3n) is 6.73. The van der Waals surface area contributed by atoms with E-state index in [4.69, 9.17) is 9.72 Å². The van der Waals surface area contributed by atoms with Crippen LogP contribution in [0.15, 0.2) is 24.3 Å². The average molecular weight is 409 g/mol. The summed E-state index contributed by atoms with van der Waals surface area (Å²) in [6.07, 6.45) is 9.83. The SMILES string of the molecule is C[C@H](OC(=O)c1c2c(nc3ccccc13)CCCCC2)C(=O)N(C)C1CCCCC1. The average Bonchev–Trinajstić information content (AvgIpc) is 3.02. The normalized spacial score (nSPS) is 18.3. The molecule has 0 unspecified atom stereocenters. The quantitative estimate of drug-likeness (QED) is 0.536. The van der Waals surface area contributed by atoms with Gasteiger partial charge in [-0.25, -0.2) is 4.79 Å². The molecule has 1 aromatic heterocycles. The molecule has 2 aromatic rings. The number of fused-ring (bicyclic) bond motifs is 2. The molecule has 1 atom stereocenters. The number of pyridine rings is 1. The Morgan fingerprint density at radius 2 is 1.73 bits per heavy atom. The number of esters is 1. The Kier molecular flexibility index (Phi) is 6.35. The Labute approximate surface area is 178 Å². The molecule has 5 heteroatoms. The molecule has 30 heavy (non-hydrogen) atoms. The van der Waals surface area contributed by atoms with E-state index in [1.54, 1.807) is 11.8 Å². The van der Waals surface area contributed by atoms with E-state index in [0.29, 0.717) is 5.56 Å². The number of carbonyl (C=O) groups excluding carboxylic acids is 2. The maximum atomic E-state index is 13.3. The first kappa shape index (κ1) is 20.8. The number of hydrogen-bond donors (Lipinski definition) is 0. The topological polar surface area (TPSA) is 59.5 Å². The van der Waals surface area contributed by atoms with E-state index in [0.717, 1.165) is 79.9 Å². The smallest absolute Gasteiger partial charge is 0.339 e. The number of aromatic nitrogens is 1. The zero-order chi connectivity index (χ0) is 21.1. The lowest BCUT2D eigenvalue weighted by molar-refractivity contribution is -0.141. The maximum absolute atomic E-state index is 13.3. The fraction of sp³-hybridized carbons (Fsp3) is 0.560. The van der Waals surface area contributed by atoms with E-state index < -0.39 is 12.1 Å². The van der Waals surface area contributed by atoms with Gasteiger partial charge in [0.15, 0.2) is 6.10 Å². The van der Waals surface area contributed by atoms with Crippen molar-refractivity contribution < 1.29 is 14.3 Å². The number of rotatable bonds is 4. The van der Waals surface area contributed by atoms with Crippen LogP contribution in [0.25, 0.3) is 10.9 Å². The Morgan fingerprint density at radius 3 is 2.53 bits per heavy atom. The highest BCUT2D eigenvalue weighted by Crippen LogP contribution is 2.30. The summed E-state index contributed by atoms with van der Waals surface area (Å²) < 4.78 is 5.77. The summed E-state index contributed by atoms with van der Waals surface area (Å²) in [5, 5.41) is 0.823. The van der Waals surface area contributed by atoms with Crippen molar-refractivity contribution in [1.29, 1.82) is 0 Å². The van der Waals surface area contributed by atoms with Gasteiger partial charge in [0.2, 0.25) is 0 Å². The van der Waals surface area contributed by atoms with Crippen LogP contribution in [0.1, 0.15) is 79.9 Å². The van der Waals surface area contributed by atoms with Gasteiger partial charge in [-0.1, -0.05) is 43.9 Å². The Balaban J connectivity index is 1.59. The number of hydrogen-bond acceptors (Lipinski definition) is 4. The highest BCUT2D eigenvalue weighted by atomic mass is 16.5. The van der Waals surface area contributed by atoms with Crippen LogP contribution in [-0.4, -0.2) is 41.0 Å². The zero-order valence-corrected chi connectivity index (χ0v) is 18.2. The molecule has 1 heterocycles. The van der Waals surface area contributed by atoms with Gasteiger partial charge in [0, 0.05) is 24.2 Å². The minimum absolute atomic E-state index is 0.111. The van der Waals surface area contributed by atoms with Crippen molar-refractivity contribution in [3.63, 3.8) is 0 Å². The molecule has 2 aliphatic rings. The molecular weight excluding hydrogens is 376 g/mol. The van der Waals surface area contributed by atoms with Crippen molar-refractivity contribution in [3.8, 4) is 0 Å². The fourth-order valence-corrected chi connectivity index (χ4v) is 4.99. The molecule has 0 N–H and O–H groups in total. The van der Waals surface area contributed by atoms with Crippen LogP contribution in [0.5, 0.6) is 0 Å². The van der Waals surface area contributed by atoms with Gasteiger partial charge < -0.3 is 9.64 Å². The number of ether oxygens (including phenoxy) is 1. The molecule has 0 saturated heterocycles. The number of amides is 1. The van der Waals surface area contributed by atoms with Crippen LogP contribution in [0.2, 0.25) is 0 Å². The van der Waals surface area contributed by atoms with Crippen LogP contribution >= 0.6 is 0 Å². The van der Waals surface area contributed by atoms with Crippen molar-refractivity contribution in [2.75, 3.05) is 7.05 Å². The van der Waals surface area contributed by atoms with Crippen LogP contribution in [-0.2, 0) is 22.4 Å². The van der Waals surface area contributed by atoms with E-state index in [2.05, 4.69) is 0 Å². The van der Waals surface area contributed by atoms with Crippen LogP contribution in [0.4, 0.5) is 0 Å². The first-order chi connectivity index (χ1) is 14.6. The van der Waals surface area contributed by atoms with Crippen molar-refractivity contribution >= 4 is 22.8 Å². The lowest BCUT2D eigenvalue weighted by atomic mass is 9.94. The van der Waals surface area contributed by atoms with Gasteiger partial charge in [-0.2, -0.15) is 0 Å². The molecule has 2 aliphatic carbocycles. The van der Waals surface area contributed by atoms with Crippen LogP contribution < -0.4 is 0 Å².